The van der Waals surface area contributed by atoms with Gasteiger partial charge in [0, 0.05) is 45.7 Å². The van der Waals surface area contributed by atoms with Crippen molar-refractivity contribution in [3.8, 4) is 0 Å². The molecule has 0 aromatic heterocycles. The van der Waals surface area contributed by atoms with Gasteiger partial charge in [0.15, 0.2) is 6.17 Å². The number of piperazine rings is 1. The van der Waals surface area contributed by atoms with Crippen LogP contribution in [0.3, 0.4) is 0 Å². The van der Waals surface area contributed by atoms with Crippen LogP contribution in [0.1, 0.15) is 19.3 Å². The minimum atomic E-state index is -0.802. The molecule has 2 rings (SSSR count). The number of carboxylic acid groups (broad SMARTS) is 2. The normalized spacial score (nSPS) is 24.4. The molecule has 0 aliphatic carbocycles. The van der Waals surface area contributed by atoms with Crippen LogP contribution in [-0.2, 0) is 9.59 Å². The molecule has 2 heterocycles. The van der Waals surface area contributed by atoms with Gasteiger partial charge < -0.3 is 15.5 Å². The van der Waals surface area contributed by atoms with E-state index in [0.29, 0.717) is 13.1 Å². The van der Waals surface area contributed by atoms with Gasteiger partial charge in [0.2, 0.25) is 0 Å². The van der Waals surface area contributed by atoms with Gasteiger partial charge in [-0.3, -0.25) is 14.6 Å². The Morgan fingerprint density at radius 2 is 1.60 bits per heavy atom. The van der Waals surface area contributed by atoms with Gasteiger partial charge in [-0.1, -0.05) is 0 Å². The van der Waals surface area contributed by atoms with Gasteiger partial charge in [0.25, 0.3) is 0 Å². The van der Waals surface area contributed by atoms with Gasteiger partial charge in [-0.05, 0) is 18.8 Å². The standard InChI is InChI=1S/C13H23N3O4/c17-11(18)9-10-1-5-15(6-2-10)12(13(19)20)16-7-3-14-4-8-16/h10,12,14H,1-9H2,(H,17,18)(H,19,20). The highest BCUT2D eigenvalue weighted by atomic mass is 16.4. The monoisotopic (exact) mass is 285 g/mol. The Morgan fingerprint density at radius 1 is 1.05 bits per heavy atom. The number of carboxylic acids is 2. The molecular formula is C13H23N3O4. The van der Waals surface area contributed by atoms with Crippen molar-refractivity contribution in [3.05, 3.63) is 0 Å². The van der Waals surface area contributed by atoms with E-state index >= 15 is 0 Å². The van der Waals surface area contributed by atoms with Crippen molar-refractivity contribution < 1.29 is 19.8 Å². The number of nitrogens with zero attached hydrogens (tertiary/aromatic N) is 2. The van der Waals surface area contributed by atoms with E-state index in [1.807, 2.05) is 9.80 Å². The van der Waals surface area contributed by atoms with Gasteiger partial charge in [-0.2, -0.15) is 0 Å². The molecule has 0 bridgehead atoms. The van der Waals surface area contributed by atoms with Crippen LogP contribution in [0.4, 0.5) is 0 Å². The summed E-state index contributed by atoms with van der Waals surface area (Å²) in [6.45, 7) is 4.45. The maximum atomic E-state index is 11.6. The average molecular weight is 285 g/mol. The van der Waals surface area contributed by atoms with Crippen LogP contribution in [-0.4, -0.2) is 77.4 Å². The summed E-state index contributed by atoms with van der Waals surface area (Å²) in [5.41, 5.74) is 0. The van der Waals surface area contributed by atoms with Gasteiger partial charge in [0.1, 0.15) is 0 Å². The summed E-state index contributed by atoms with van der Waals surface area (Å²) < 4.78 is 0. The van der Waals surface area contributed by atoms with Crippen LogP contribution >= 0.6 is 0 Å². The Morgan fingerprint density at radius 3 is 2.10 bits per heavy atom. The fraction of sp³-hybridized carbons (Fsp3) is 0.846. The second kappa shape index (κ2) is 7.01. The molecule has 7 nitrogen and oxygen atoms in total. The van der Waals surface area contributed by atoms with Crippen molar-refractivity contribution in [2.75, 3.05) is 39.3 Å². The molecule has 0 saturated carbocycles. The molecule has 20 heavy (non-hydrogen) atoms. The van der Waals surface area contributed by atoms with E-state index in [-0.39, 0.29) is 12.3 Å². The quantitative estimate of drug-likeness (QED) is 0.626. The molecule has 114 valence electrons. The third-order valence-corrected chi connectivity index (χ3v) is 4.18. The molecule has 3 N–H and O–H groups in total. The first-order valence-electron chi connectivity index (χ1n) is 7.21. The molecule has 0 aromatic carbocycles. The van der Waals surface area contributed by atoms with E-state index < -0.39 is 18.1 Å². The number of hydrogen-bond acceptors (Lipinski definition) is 5. The number of likely N-dealkylation sites (tertiary alicyclic amines) is 1. The van der Waals surface area contributed by atoms with Crippen LogP contribution in [0.25, 0.3) is 0 Å². The van der Waals surface area contributed by atoms with Crippen molar-refractivity contribution in [2.45, 2.75) is 25.4 Å². The van der Waals surface area contributed by atoms with Crippen LogP contribution in [0.2, 0.25) is 0 Å². The topological polar surface area (TPSA) is 93.1 Å². The van der Waals surface area contributed by atoms with E-state index in [1.54, 1.807) is 0 Å². The summed E-state index contributed by atoms with van der Waals surface area (Å²) in [5, 5.41) is 21.5. The number of rotatable bonds is 5. The summed E-state index contributed by atoms with van der Waals surface area (Å²) in [6, 6.07) is 0. The number of hydrogen-bond donors (Lipinski definition) is 3. The molecular weight excluding hydrogens is 262 g/mol. The Hall–Kier alpha value is -1.18. The number of piperidine rings is 1. The predicted molar refractivity (Wildman–Crippen MR) is 72.4 cm³/mol. The summed E-state index contributed by atoms with van der Waals surface area (Å²) in [5.74, 6) is -1.38. The zero-order valence-electron chi connectivity index (χ0n) is 11.6. The Kier molecular flexibility index (Phi) is 5.33. The Balaban J connectivity index is 1.91. The van der Waals surface area contributed by atoms with E-state index in [0.717, 1.165) is 39.0 Å². The summed E-state index contributed by atoms with van der Waals surface area (Å²) in [6.07, 6.45) is 1.16. The minimum Gasteiger partial charge on any atom is -0.481 e. The van der Waals surface area contributed by atoms with Crippen LogP contribution in [0, 0.1) is 5.92 Å². The SMILES string of the molecule is O=C(O)CC1CCN(C(C(=O)O)N2CCNCC2)CC1. The summed E-state index contributed by atoms with van der Waals surface area (Å²) >= 11 is 0. The molecule has 0 radical (unpaired) electrons. The van der Waals surface area contributed by atoms with Crippen molar-refractivity contribution in [1.82, 2.24) is 15.1 Å². The second-order valence-electron chi connectivity index (χ2n) is 5.58. The minimum absolute atomic E-state index is 0.182. The molecule has 0 aromatic rings. The predicted octanol–water partition coefficient (Wildman–Crippen LogP) is -0.511. The van der Waals surface area contributed by atoms with Crippen molar-refractivity contribution in [2.24, 2.45) is 5.92 Å². The highest BCUT2D eigenvalue weighted by Crippen LogP contribution is 2.23. The maximum Gasteiger partial charge on any atom is 0.336 e. The summed E-state index contributed by atoms with van der Waals surface area (Å²) in [7, 11) is 0. The fourth-order valence-corrected chi connectivity index (χ4v) is 3.12. The molecule has 2 aliphatic rings. The number of nitrogens with one attached hydrogen (secondary N) is 1. The smallest absolute Gasteiger partial charge is 0.336 e. The maximum absolute atomic E-state index is 11.6. The Bertz CT molecular complexity index is 350. The lowest BCUT2D eigenvalue weighted by molar-refractivity contribution is -0.153. The van der Waals surface area contributed by atoms with Gasteiger partial charge in [0.05, 0.1) is 0 Å². The van der Waals surface area contributed by atoms with Crippen LogP contribution < -0.4 is 5.32 Å². The lowest BCUT2D eigenvalue weighted by Gasteiger charge is -2.41. The highest BCUT2D eigenvalue weighted by Gasteiger charge is 2.34. The van der Waals surface area contributed by atoms with Gasteiger partial charge >= 0.3 is 11.9 Å². The number of aliphatic carboxylic acids is 2. The second-order valence-corrected chi connectivity index (χ2v) is 5.58. The molecule has 2 fully saturated rings. The van der Waals surface area contributed by atoms with Gasteiger partial charge in [-0.25, -0.2) is 4.79 Å². The van der Waals surface area contributed by atoms with Crippen molar-refractivity contribution >= 4 is 11.9 Å². The summed E-state index contributed by atoms with van der Waals surface area (Å²) in [4.78, 5) is 26.2. The van der Waals surface area contributed by atoms with E-state index in [9.17, 15) is 14.7 Å². The van der Waals surface area contributed by atoms with E-state index in [4.69, 9.17) is 5.11 Å². The number of carbonyl (C=O) groups is 2. The van der Waals surface area contributed by atoms with Crippen molar-refractivity contribution in [1.29, 1.82) is 0 Å². The fourth-order valence-electron chi connectivity index (χ4n) is 3.12. The van der Waals surface area contributed by atoms with Crippen LogP contribution in [0.15, 0.2) is 0 Å². The first kappa shape index (κ1) is 15.2. The van der Waals surface area contributed by atoms with Crippen molar-refractivity contribution in [3.63, 3.8) is 0 Å². The molecule has 0 amide bonds. The molecule has 2 aliphatic heterocycles. The molecule has 1 unspecified atom stereocenters. The molecule has 0 spiro atoms. The third kappa shape index (κ3) is 3.91. The molecule has 2 saturated heterocycles. The molecule has 1 atom stereocenters. The highest BCUT2D eigenvalue weighted by molar-refractivity contribution is 5.73. The first-order valence-corrected chi connectivity index (χ1v) is 7.21. The third-order valence-electron chi connectivity index (χ3n) is 4.18. The zero-order valence-corrected chi connectivity index (χ0v) is 11.6. The van der Waals surface area contributed by atoms with Crippen LogP contribution in [0.5, 0.6) is 0 Å². The molecule has 7 heteroatoms. The lowest BCUT2D eigenvalue weighted by Crippen LogP contribution is -2.59. The van der Waals surface area contributed by atoms with Gasteiger partial charge in [-0.15, -0.1) is 0 Å². The van der Waals surface area contributed by atoms with E-state index in [1.165, 1.54) is 0 Å². The first-order chi connectivity index (χ1) is 9.58. The largest absolute Gasteiger partial charge is 0.481 e. The average Bonchev–Trinajstić information content (AvgIpc) is 2.41. The zero-order chi connectivity index (χ0) is 14.5. The lowest BCUT2D eigenvalue weighted by atomic mass is 9.93. The Labute approximate surface area is 118 Å². The van der Waals surface area contributed by atoms with E-state index in [2.05, 4.69) is 5.32 Å².